The lowest BCUT2D eigenvalue weighted by Gasteiger charge is -1.97. The fourth-order valence-corrected chi connectivity index (χ4v) is 0.836. The summed E-state index contributed by atoms with van der Waals surface area (Å²) in [5, 5.41) is 0. The maximum absolute atomic E-state index is 10.7. The van der Waals surface area contributed by atoms with Crippen molar-refractivity contribution < 1.29 is 4.79 Å². The SMILES string of the molecule is CC(=O)C=C(N)c1cccnc1. The molecule has 1 heterocycles. The van der Waals surface area contributed by atoms with Gasteiger partial charge in [-0.1, -0.05) is 0 Å². The van der Waals surface area contributed by atoms with Crippen molar-refractivity contribution in [3.8, 4) is 0 Å². The minimum absolute atomic E-state index is 0.0589. The van der Waals surface area contributed by atoms with E-state index in [0.29, 0.717) is 5.70 Å². The van der Waals surface area contributed by atoms with Gasteiger partial charge in [0.05, 0.1) is 0 Å². The zero-order valence-electron chi connectivity index (χ0n) is 6.82. The summed E-state index contributed by atoms with van der Waals surface area (Å²) in [6.45, 7) is 1.46. The molecule has 0 amide bonds. The average molecular weight is 162 g/mol. The highest BCUT2D eigenvalue weighted by atomic mass is 16.1. The summed E-state index contributed by atoms with van der Waals surface area (Å²) < 4.78 is 0. The van der Waals surface area contributed by atoms with Crippen LogP contribution < -0.4 is 5.73 Å². The summed E-state index contributed by atoms with van der Waals surface area (Å²) in [6, 6.07) is 3.58. The van der Waals surface area contributed by atoms with Crippen LogP contribution in [0.4, 0.5) is 0 Å². The quantitative estimate of drug-likeness (QED) is 0.659. The van der Waals surface area contributed by atoms with Crippen LogP contribution in [0.25, 0.3) is 5.70 Å². The zero-order chi connectivity index (χ0) is 8.97. The molecule has 3 nitrogen and oxygen atoms in total. The van der Waals surface area contributed by atoms with Crippen LogP contribution in [0.5, 0.6) is 0 Å². The lowest BCUT2D eigenvalue weighted by molar-refractivity contribution is -0.112. The predicted molar refractivity (Wildman–Crippen MR) is 47.1 cm³/mol. The monoisotopic (exact) mass is 162 g/mol. The molecule has 0 atom stereocenters. The molecular formula is C9H10N2O. The Balaban J connectivity index is 2.93. The predicted octanol–water partition coefficient (Wildman–Crippen LogP) is 0.970. The van der Waals surface area contributed by atoms with E-state index in [1.165, 1.54) is 13.0 Å². The molecule has 0 bridgehead atoms. The molecule has 0 saturated heterocycles. The average Bonchev–Trinajstić information content (AvgIpc) is 2.05. The Hall–Kier alpha value is -1.64. The molecule has 1 rings (SSSR count). The molecule has 3 heteroatoms. The van der Waals surface area contributed by atoms with Crippen LogP contribution in [0.15, 0.2) is 30.6 Å². The minimum Gasteiger partial charge on any atom is -0.398 e. The molecule has 0 spiro atoms. The number of carbonyl (C=O) groups is 1. The minimum atomic E-state index is -0.0589. The molecule has 62 valence electrons. The van der Waals surface area contributed by atoms with Gasteiger partial charge in [-0.25, -0.2) is 0 Å². The molecule has 12 heavy (non-hydrogen) atoms. The molecule has 1 aromatic heterocycles. The van der Waals surface area contributed by atoms with Gasteiger partial charge in [0.15, 0.2) is 5.78 Å². The standard InChI is InChI=1S/C9H10N2O/c1-7(12)5-9(10)8-3-2-4-11-6-8/h2-6H,10H2,1H3. The van der Waals surface area contributed by atoms with Gasteiger partial charge in [-0.15, -0.1) is 0 Å². The van der Waals surface area contributed by atoms with E-state index in [0.717, 1.165) is 5.56 Å². The van der Waals surface area contributed by atoms with Crippen LogP contribution in [0, 0.1) is 0 Å². The largest absolute Gasteiger partial charge is 0.398 e. The van der Waals surface area contributed by atoms with E-state index in [4.69, 9.17) is 5.73 Å². The highest BCUT2D eigenvalue weighted by molar-refractivity contribution is 5.94. The maximum Gasteiger partial charge on any atom is 0.154 e. The molecule has 0 aliphatic rings. The highest BCUT2D eigenvalue weighted by Gasteiger charge is 1.95. The van der Waals surface area contributed by atoms with E-state index in [9.17, 15) is 4.79 Å². The van der Waals surface area contributed by atoms with Crippen molar-refractivity contribution in [1.82, 2.24) is 4.98 Å². The molecule has 0 unspecified atom stereocenters. The van der Waals surface area contributed by atoms with E-state index < -0.39 is 0 Å². The normalized spacial score (nSPS) is 11.2. The van der Waals surface area contributed by atoms with Gasteiger partial charge in [-0.05, 0) is 19.1 Å². The molecule has 0 aromatic carbocycles. The zero-order valence-corrected chi connectivity index (χ0v) is 6.82. The molecule has 2 N–H and O–H groups in total. The summed E-state index contributed by atoms with van der Waals surface area (Å²) in [5.41, 5.74) is 6.82. The molecule has 1 aromatic rings. The molecule has 0 aliphatic heterocycles. The van der Waals surface area contributed by atoms with Crippen molar-refractivity contribution in [2.45, 2.75) is 6.92 Å². The van der Waals surface area contributed by atoms with Crippen LogP contribution in [-0.4, -0.2) is 10.8 Å². The van der Waals surface area contributed by atoms with Gasteiger partial charge in [0.25, 0.3) is 0 Å². The Kier molecular flexibility index (Phi) is 2.58. The molecule has 0 radical (unpaired) electrons. The summed E-state index contributed by atoms with van der Waals surface area (Å²) in [6.07, 6.45) is 4.66. The maximum atomic E-state index is 10.7. The van der Waals surface area contributed by atoms with Crippen LogP contribution in [0.3, 0.4) is 0 Å². The fraction of sp³-hybridized carbons (Fsp3) is 0.111. The second-order valence-electron chi connectivity index (χ2n) is 2.45. The van der Waals surface area contributed by atoms with Crippen molar-refractivity contribution in [3.05, 3.63) is 36.2 Å². The number of carbonyl (C=O) groups excluding carboxylic acids is 1. The number of hydrogen-bond donors (Lipinski definition) is 1. The van der Waals surface area contributed by atoms with E-state index in [1.807, 2.05) is 6.07 Å². The van der Waals surface area contributed by atoms with Crippen LogP contribution in [0.1, 0.15) is 12.5 Å². The Morgan fingerprint density at radius 2 is 2.42 bits per heavy atom. The highest BCUT2D eigenvalue weighted by Crippen LogP contribution is 2.05. The molecule has 0 saturated carbocycles. The van der Waals surface area contributed by atoms with Crippen molar-refractivity contribution in [3.63, 3.8) is 0 Å². The first-order chi connectivity index (χ1) is 5.70. The molecule has 0 aliphatic carbocycles. The first kappa shape index (κ1) is 8.46. The molecular weight excluding hydrogens is 152 g/mol. The lowest BCUT2D eigenvalue weighted by Crippen LogP contribution is -1.99. The Bertz CT molecular complexity index is 304. The number of aromatic nitrogens is 1. The number of pyridine rings is 1. The number of nitrogens with zero attached hydrogens (tertiary/aromatic N) is 1. The van der Waals surface area contributed by atoms with Crippen molar-refractivity contribution >= 4 is 11.5 Å². The second kappa shape index (κ2) is 3.67. The fourth-order valence-electron chi connectivity index (χ4n) is 0.836. The van der Waals surface area contributed by atoms with E-state index in [1.54, 1.807) is 18.5 Å². The van der Waals surface area contributed by atoms with Crippen LogP contribution in [-0.2, 0) is 4.79 Å². The van der Waals surface area contributed by atoms with Gasteiger partial charge in [-0.3, -0.25) is 9.78 Å². The van der Waals surface area contributed by atoms with E-state index in [2.05, 4.69) is 4.98 Å². The van der Waals surface area contributed by atoms with E-state index >= 15 is 0 Å². The van der Waals surface area contributed by atoms with Crippen molar-refractivity contribution in [1.29, 1.82) is 0 Å². The van der Waals surface area contributed by atoms with Crippen molar-refractivity contribution in [2.75, 3.05) is 0 Å². The first-order valence-corrected chi connectivity index (χ1v) is 3.58. The third-order valence-corrected chi connectivity index (χ3v) is 1.35. The number of rotatable bonds is 2. The first-order valence-electron chi connectivity index (χ1n) is 3.58. The summed E-state index contributed by atoms with van der Waals surface area (Å²) in [7, 11) is 0. The second-order valence-corrected chi connectivity index (χ2v) is 2.45. The topological polar surface area (TPSA) is 56.0 Å². The van der Waals surface area contributed by atoms with Gasteiger partial charge in [0, 0.05) is 29.7 Å². The Labute approximate surface area is 70.9 Å². The third kappa shape index (κ3) is 2.20. The number of nitrogens with two attached hydrogens (primary N) is 1. The van der Waals surface area contributed by atoms with Gasteiger partial charge in [-0.2, -0.15) is 0 Å². The van der Waals surface area contributed by atoms with Gasteiger partial charge >= 0.3 is 0 Å². The van der Waals surface area contributed by atoms with Gasteiger partial charge < -0.3 is 5.73 Å². The Morgan fingerprint density at radius 3 is 2.92 bits per heavy atom. The number of ketones is 1. The lowest BCUT2D eigenvalue weighted by atomic mass is 10.2. The van der Waals surface area contributed by atoms with Crippen LogP contribution in [0.2, 0.25) is 0 Å². The summed E-state index contributed by atoms with van der Waals surface area (Å²) in [4.78, 5) is 14.5. The van der Waals surface area contributed by atoms with Crippen LogP contribution >= 0.6 is 0 Å². The third-order valence-electron chi connectivity index (χ3n) is 1.35. The van der Waals surface area contributed by atoms with Gasteiger partial charge in [0.2, 0.25) is 0 Å². The molecule has 0 fully saturated rings. The van der Waals surface area contributed by atoms with Crippen molar-refractivity contribution in [2.24, 2.45) is 5.73 Å². The number of allylic oxidation sites excluding steroid dienone is 1. The summed E-state index contributed by atoms with van der Waals surface area (Å²) in [5.74, 6) is -0.0589. The Morgan fingerprint density at radius 1 is 1.67 bits per heavy atom. The van der Waals surface area contributed by atoms with Gasteiger partial charge in [0.1, 0.15) is 0 Å². The smallest absolute Gasteiger partial charge is 0.154 e. The van der Waals surface area contributed by atoms with E-state index in [-0.39, 0.29) is 5.78 Å². The summed E-state index contributed by atoms with van der Waals surface area (Å²) >= 11 is 0. The number of hydrogen-bond acceptors (Lipinski definition) is 3.